The molecule has 0 amide bonds. The fraction of sp³-hybridized carbons (Fsp3) is 0.312. The fourth-order valence-corrected chi connectivity index (χ4v) is 3.36. The molecule has 0 aliphatic carbocycles. The van der Waals surface area contributed by atoms with E-state index in [1.54, 1.807) is 18.4 Å². The fourth-order valence-electron chi connectivity index (χ4n) is 2.49. The van der Waals surface area contributed by atoms with E-state index in [9.17, 15) is 0 Å². The van der Waals surface area contributed by atoms with Crippen molar-refractivity contribution in [2.75, 3.05) is 13.0 Å². The van der Waals surface area contributed by atoms with Crippen LogP contribution in [0.15, 0.2) is 35.7 Å². The summed E-state index contributed by atoms with van der Waals surface area (Å²) in [6.07, 6.45) is 1.80. The lowest BCUT2D eigenvalue weighted by Gasteiger charge is -2.08. The first-order chi connectivity index (χ1) is 10.3. The van der Waals surface area contributed by atoms with E-state index in [4.69, 9.17) is 21.3 Å². The number of aromatic nitrogens is 2. The van der Waals surface area contributed by atoms with Gasteiger partial charge in [0.1, 0.15) is 11.6 Å². The number of ether oxygens (including phenoxy) is 1. The highest BCUT2D eigenvalue weighted by molar-refractivity contribution is 7.09. The molecular weight excluding hydrogens is 304 g/mol. The van der Waals surface area contributed by atoms with Crippen LogP contribution in [0, 0.1) is 0 Å². The van der Waals surface area contributed by atoms with E-state index in [1.807, 2.05) is 12.1 Å². The summed E-state index contributed by atoms with van der Waals surface area (Å²) in [7, 11) is 1.68. The summed E-state index contributed by atoms with van der Waals surface area (Å²) in [5.41, 5.74) is 2.12. The molecule has 0 aliphatic rings. The normalized spacial score (nSPS) is 11.1. The minimum Gasteiger partial charge on any atom is -0.497 e. The van der Waals surface area contributed by atoms with Crippen LogP contribution in [0.25, 0.3) is 11.0 Å². The largest absolute Gasteiger partial charge is 0.497 e. The molecule has 1 aromatic carbocycles. The minimum absolute atomic E-state index is 0.583. The van der Waals surface area contributed by atoms with Crippen molar-refractivity contribution >= 4 is 34.0 Å². The molecule has 3 nitrogen and oxygen atoms in total. The van der Waals surface area contributed by atoms with Crippen LogP contribution in [-0.4, -0.2) is 22.5 Å². The Hall–Kier alpha value is -1.52. The Morgan fingerprint density at radius 2 is 2.19 bits per heavy atom. The van der Waals surface area contributed by atoms with Crippen molar-refractivity contribution in [2.24, 2.45) is 0 Å². The predicted molar refractivity (Wildman–Crippen MR) is 88.7 cm³/mol. The first-order valence-corrected chi connectivity index (χ1v) is 8.34. The maximum atomic E-state index is 5.92. The molecular formula is C16H17ClN2OS. The van der Waals surface area contributed by atoms with Crippen molar-refractivity contribution in [1.29, 1.82) is 0 Å². The standard InChI is InChI=1S/C16H17ClN2OS/c1-20-12-4-5-15-14(11-12)18-16(6-8-17)19(15)9-7-13-3-2-10-21-13/h2-5,10-11H,6-9H2,1H3. The van der Waals surface area contributed by atoms with Crippen molar-refractivity contribution in [3.05, 3.63) is 46.4 Å². The maximum Gasteiger partial charge on any atom is 0.121 e. The molecule has 0 atom stereocenters. The lowest BCUT2D eigenvalue weighted by molar-refractivity contribution is 0.415. The highest BCUT2D eigenvalue weighted by Gasteiger charge is 2.11. The predicted octanol–water partition coefficient (Wildman–Crippen LogP) is 4.13. The van der Waals surface area contributed by atoms with E-state index in [0.29, 0.717) is 5.88 Å². The number of nitrogens with zero attached hydrogens (tertiary/aromatic N) is 2. The first-order valence-electron chi connectivity index (χ1n) is 6.93. The van der Waals surface area contributed by atoms with Crippen LogP contribution in [0.4, 0.5) is 0 Å². The average molecular weight is 321 g/mol. The second-order valence-corrected chi connectivity index (χ2v) is 6.21. The minimum atomic E-state index is 0.583. The highest BCUT2D eigenvalue weighted by atomic mass is 35.5. The van der Waals surface area contributed by atoms with Crippen molar-refractivity contribution < 1.29 is 4.74 Å². The molecule has 3 aromatic rings. The number of methoxy groups -OCH3 is 1. The van der Waals surface area contributed by atoms with E-state index >= 15 is 0 Å². The number of hydrogen-bond acceptors (Lipinski definition) is 3. The molecule has 0 bridgehead atoms. The molecule has 0 fully saturated rings. The lowest BCUT2D eigenvalue weighted by atomic mass is 10.3. The van der Waals surface area contributed by atoms with Crippen LogP contribution in [0.1, 0.15) is 10.7 Å². The van der Waals surface area contributed by atoms with Crippen LogP contribution in [0.3, 0.4) is 0 Å². The number of fused-ring (bicyclic) bond motifs is 1. The third-order valence-corrected chi connectivity index (χ3v) is 4.64. The summed E-state index contributed by atoms with van der Waals surface area (Å²) in [6, 6.07) is 10.3. The van der Waals surface area contributed by atoms with E-state index in [0.717, 1.165) is 42.0 Å². The summed E-state index contributed by atoms with van der Waals surface area (Å²) in [6.45, 7) is 0.926. The number of halogens is 1. The second-order valence-electron chi connectivity index (χ2n) is 4.80. The van der Waals surface area contributed by atoms with Gasteiger partial charge in [-0.05, 0) is 30.0 Å². The van der Waals surface area contributed by atoms with Gasteiger partial charge in [-0.2, -0.15) is 0 Å². The highest BCUT2D eigenvalue weighted by Crippen LogP contribution is 2.23. The average Bonchev–Trinajstić information content (AvgIpc) is 3.12. The smallest absolute Gasteiger partial charge is 0.121 e. The van der Waals surface area contributed by atoms with Gasteiger partial charge in [-0.15, -0.1) is 22.9 Å². The Bertz CT molecular complexity index is 721. The number of alkyl halides is 1. The number of benzene rings is 1. The van der Waals surface area contributed by atoms with Crippen molar-refractivity contribution in [3.8, 4) is 5.75 Å². The van der Waals surface area contributed by atoms with Gasteiger partial charge in [0.25, 0.3) is 0 Å². The summed E-state index contributed by atoms with van der Waals surface area (Å²) >= 11 is 7.71. The summed E-state index contributed by atoms with van der Waals surface area (Å²) < 4.78 is 7.55. The maximum absolute atomic E-state index is 5.92. The van der Waals surface area contributed by atoms with Crippen LogP contribution in [0.5, 0.6) is 5.75 Å². The van der Waals surface area contributed by atoms with E-state index in [1.165, 1.54) is 4.88 Å². The van der Waals surface area contributed by atoms with Crippen LogP contribution in [0.2, 0.25) is 0 Å². The molecule has 0 unspecified atom stereocenters. The number of thiophene rings is 1. The van der Waals surface area contributed by atoms with Crippen molar-refractivity contribution in [3.63, 3.8) is 0 Å². The van der Waals surface area contributed by atoms with Gasteiger partial charge in [-0.25, -0.2) is 4.98 Å². The lowest BCUT2D eigenvalue weighted by Crippen LogP contribution is -2.06. The monoisotopic (exact) mass is 320 g/mol. The molecule has 110 valence electrons. The van der Waals surface area contributed by atoms with Gasteiger partial charge in [-0.3, -0.25) is 0 Å². The SMILES string of the molecule is COc1ccc2c(c1)nc(CCCl)n2CCc1cccs1. The van der Waals surface area contributed by atoms with Gasteiger partial charge < -0.3 is 9.30 Å². The molecule has 0 spiro atoms. The third-order valence-electron chi connectivity index (χ3n) is 3.51. The van der Waals surface area contributed by atoms with Crippen LogP contribution < -0.4 is 4.74 Å². The molecule has 0 radical (unpaired) electrons. The van der Waals surface area contributed by atoms with Gasteiger partial charge >= 0.3 is 0 Å². The van der Waals surface area contributed by atoms with Gasteiger partial charge in [0.05, 0.1) is 18.1 Å². The Morgan fingerprint density at radius 3 is 2.90 bits per heavy atom. The molecule has 5 heteroatoms. The van der Waals surface area contributed by atoms with Crippen molar-refractivity contribution in [2.45, 2.75) is 19.4 Å². The summed E-state index contributed by atoms with van der Waals surface area (Å²) in [5, 5.41) is 2.12. The number of imidazole rings is 1. The van der Waals surface area contributed by atoms with Gasteiger partial charge in [0.2, 0.25) is 0 Å². The zero-order valence-corrected chi connectivity index (χ0v) is 13.5. The summed E-state index contributed by atoms with van der Waals surface area (Å²) in [5.74, 6) is 2.46. The molecule has 0 saturated carbocycles. The molecule has 2 heterocycles. The van der Waals surface area contributed by atoms with Gasteiger partial charge in [0, 0.05) is 29.8 Å². The number of aryl methyl sites for hydroxylation is 3. The Kier molecular flexibility index (Phi) is 4.46. The van der Waals surface area contributed by atoms with Crippen molar-refractivity contribution in [1.82, 2.24) is 9.55 Å². The van der Waals surface area contributed by atoms with E-state index in [2.05, 4.69) is 28.1 Å². The molecule has 0 N–H and O–H groups in total. The van der Waals surface area contributed by atoms with Crippen LogP contribution >= 0.6 is 22.9 Å². The number of rotatable bonds is 6. The zero-order valence-electron chi connectivity index (χ0n) is 11.9. The molecule has 3 rings (SSSR count). The molecule has 21 heavy (non-hydrogen) atoms. The summed E-state index contributed by atoms with van der Waals surface area (Å²) in [4.78, 5) is 6.10. The quantitative estimate of drug-likeness (QED) is 0.638. The van der Waals surface area contributed by atoms with E-state index in [-0.39, 0.29) is 0 Å². The zero-order chi connectivity index (χ0) is 14.7. The topological polar surface area (TPSA) is 27.1 Å². The number of hydrogen-bond donors (Lipinski definition) is 0. The molecule has 2 aromatic heterocycles. The Balaban J connectivity index is 1.95. The third kappa shape index (κ3) is 3.06. The molecule has 0 aliphatic heterocycles. The van der Waals surface area contributed by atoms with E-state index < -0.39 is 0 Å². The first kappa shape index (κ1) is 14.4. The molecule has 0 saturated heterocycles. The Labute approximate surface area is 133 Å². The second kappa shape index (κ2) is 6.50. The van der Waals surface area contributed by atoms with Gasteiger partial charge in [0.15, 0.2) is 0 Å². The van der Waals surface area contributed by atoms with Gasteiger partial charge in [-0.1, -0.05) is 6.07 Å². The van der Waals surface area contributed by atoms with Crippen LogP contribution in [-0.2, 0) is 19.4 Å². The Morgan fingerprint density at radius 1 is 1.29 bits per heavy atom.